The van der Waals surface area contributed by atoms with Crippen molar-refractivity contribution in [2.45, 2.75) is 33.2 Å². The van der Waals surface area contributed by atoms with Gasteiger partial charge in [-0.2, -0.15) is 0 Å². The number of carbonyl (C=O) groups is 1. The molecule has 7 heteroatoms. The van der Waals surface area contributed by atoms with Crippen LogP contribution < -0.4 is 10.2 Å². The fraction of sp³-hybridized carbons (Fsp3) is 0.300. The fourth-order valence-electron chi connectivity index (χ4n) is 3.06. The maximum Gasteiger partial charge on any atom is 0.295 e. The van der Waals surface area contributed by atoms with Crippen molar-refractivity contribution >= 4 is 28.3 Å². The lowest BCUT2D eigenvalue weighted by atomic mass is 10.1. The molecule has 0 radical (unpaired) electrons. The lowest BCUT2D eigenvalue weighted by Crippen LogP contribution is -2.30. The van der Waals surface area contributed by atoms with E-state index in [9.17, 15) is 13.6 Å². The highest BCUT2D eigenvalue weighted by Crippen LogP contribution is 2.22. The molecule has 3 rings (SSSR count). The molecule has 142 valence electrons. The van der Waals surface area contributed by atoms with Crippen LogP contribution in [0.5, 0.6) is 0 Å². The maximum absolute atomic E-state index is 12.7. The van der Waals surface area contributed by atoms with E-state index in [0.29, 0.717) is 28.3 Å². The number of aromatic nitrogens is 2. The van der Waals surface area contributed by atoms with Crippen molar-refractivity contribution < 1.29 is 13.6 Å². The Morgan fingerprint density at radius 2 is 1.89 bits per heavy atom. The zero-order chi connectivity index (χ0) is 19.6. The van der Waals surface area contributed by atoms with Gasteiger partial charge in [0.1, 0.15) is 0 Å². The van der Waals surface area contributed by atoms with Crippen molar-refractivity contribution in [3.63, 3.8) is 0 Å². The van der Waals surface area contributed by atoms with Gasteiger partial charge in [0, 0.05) is 29.5 Å². The summed E-state index contributed by atoms with van der Waals surface area (Å²) in [7, 11) is 0. The topological polar surface area (TPSA) is 61.0 Å². The van der Waals surface area contributed by atoms with Crippen LogP contribution >= 0.6 is 0 Å². The predicted octanol–water partition coefficient (Wildman–Crippen LogP) is 4.99. The van der Waals surface area contributed by atoms with Gasteiger partial charge in [-0.25, -0.2) is 13.8 Å². The Balaban J connectivity index is 1.76. The summed E-state index contributed by atoms with van der Waals surface area (Å²) in [5.74, 6) is -0.710. The quantitative estimate of drug-likeness (QED) is 0.641. The molecule has 0 unspecified atom stereocenters. The number of carbonyl (C=O) groups excluding carboxylic acids is 1. The van der Waals surface area contributed by atoms with Gasteiger partial charge in [-0.1, -0.05) is 0 Å². The Bertz CT molecular complexity index is 935. The molecule has 0 spiro atoms. The van der Waals surface area contributed by atoms with E-state index in [0.717, 1.165) is 12.2 Å². The fourth-order valence-corrected chi connectivity index (χ4v) is 3.06. The number of nitrogens with one attached hydrogen (secondary N) is 2. The monoisotopic (exact) mass is 372 g/mol. The summed E-state index contributed by atoms with van der Waals surface area (Å²) >= 11 is 0. The number of H-pyrrole nitrogens is 1. The SMILES string of the molecule is CCN(c1ccc(NC(=O)c2ccc3nc(C(F)F)[nH]c3c2)cc1)C(C)C. The summed E-state index contributed by atoms with van der Waals surface area (Å²) in [6, 6.07) is 12.7. The van der Waals surface area contributed by atoms with Crippen LogP contribution in [-0.2, 0) is 0 Å². The third kappa shape index (κ3) is 4.07. The molecule has 1 aromatic heterocycles. The van der Waals surface area contributed by atoms with E-state index in [1.54, 1.807) is 12.1 Å². The number of hydrogen-bond donors (Lipinski definition) is 2. The first-order chi connectivity index (χ1) is 12.9. The second-order valence-electron chi connectivity index (χ2n) is 6.54. The summed E-state index contributed by atoms with van der Waals surface area (Å²) in [6.07, 6.45) is -2.68. The van der Waals surface area contributed by atoms with E-state index >= 15 is 0 Å². The summed E-state index contributed by atoms with van der Waals surface area (Å²) in [4.78, 5) is 21.1. The number of hydrogen-bond acceptors (Lipinski definition) is 3. The van der Waals surface area contributed by atoms with Gasteiger partial charge in [0.15, 0.2) is 5.82 Å². The van der Waals surface area contributed by atoms with Crippen molar-refractivity contribution in [3.05, 3.63) is 53.9 Å². The zero-order valence-electron chi connectivity index (χ0n) is 15.5. The van der Waals surface area contributed by atoms with E-state index in [-0.39, 0.29) is 5.91 Å². The van der Waals surface area contributed by atoms with Crippen molar-refractivity contribution in [2.75, 3.05) is 16.8 Å². The highest BCUT2D eigenvalue weighted by atomic mass is 19.3. The van der Waals surface area contributed by atoms with Crippen LogP contribution in [0.2, 0.25) is 0 Å². The standard InChI is InChI=1S/C20H22F2N4O/c1-4-26(12(2)3)15-8-6-14(7-9-15)23-20(27)13-5-10-16-17(11-13)25-19(24-16)18(21)22/h5-12,18H,4H2,1-3H3,(H,23,27)(H,24,25). The molecule has 0 bridgehead atoms. The number of rotatable bonds is 6. The van der Waals surface area contributed by atoms with Gasteiger partial charge in [-0.15, -0.1) is 0 Å². The highest BCUT2D eigenvalue weighted by molar-refractivity contribution is 6.06. The molecule has 0 fully saturated rings. The third-order valence-electron chi connectivity index (χ3n) is 4.39. The van der Waals surface area contributed by atoms with Gasteiger partial charge in [-0.05, 0) is 63.2 Å². The molecule has 0 aliphatic heterocycles. The third-order valence-corrected chi connectivity index (χ3v) is 4.39. The van der Waals surface area contributed by atoms with Crippen LogP contribution in [0, 0.1) is 0 Å². The van der Waals surface area contributed by atoms with Gasteiger partial charge in [0.25, 0.3) is 12.3 Å². The second kappa shape index (κ2) is 7.73. The molecule has 0 saturated carbocycles. The van der Waals surface area contributed by atoms with Crippen LogP contribution in [-0.4, -0.2) is 28.5 Å². The van der Waals surface area contributed by atoms with Gasteiger partial charge in [0.2, 0.25) is 0 Å². The Morgan fingerprint density at radius 1 is 1.19 bits per heavy atom. The normalized spacial score (nSPS) is 11.4. The number of imidazole rings is 1. The van der Waals surface area contributed by atoms with Crippen LogP contribution in [0.4, 0.5) is 20.2 Å². The molecule has 2 aromatic carbocycles. The summed E-state index contributed by atoms with van der Waals surface area (Å²) < 4.78 is 25.5. The molecule has 0 aliphatic rings. The number of amides is 1. The van der Waals surface area contributed by atoms with E-state index in [2.05, 4.69) is 41.0 Å². The first kappa shape index (κ1) is 18.8. The van der Waals surface area contributed by atoms with Crippen molar-refractivity contribution in [2.24, 2.45) is 0 Å². The largest absolute Gasteiger partial charge is 0.369 e. The minimum atomic E-state index is -2.68. The molecule has 1 heterocycles. The number of anilines is 2. The molecule has 3 aromatic rings. The molecule has 0 atom stereocenters. The van der Waals surface area contributed by atoms with E-state index in [1.165, 1.54) is 6.07 Å². The number of aromatic amines is 1. The first-order valence-corrected chi connectivity index (χ1v) is 8.85. The number of fused-ring (bicyclic) bond motifs is 1. The highest BCUT2D eigenvalue weighted by Gasteiger charge is 2.14. The van der Waals surface area contributed by atoms with Crippen LogP contribution in [0.3, 0.4) is 0 Å². The summed E-state index contributed by atoms with van der Waals surface area (Å²) in [5.41, 5.74) is 2.93. The summed E-state index contributed by atoms with van der Waals surface area (Å²) in [6.45, 7) is 7.25. The maximum atomic E-state index is 12.7. The Kier molecular flexibility index (Phi) is 5.39. The summed E-state index contributed by atoms with van der Waals surface area (Å²) in [5, 5.41) is 2.83. The van der Waals surface area contributed by atoms with E-state index in [4.69, 9.17) is 0 Å². The molecule has 27 heavy (non-hydrogen) atoms. The van der Waals surface area contributed by atoms with Crippen LogP contribution in [0.25, 0.3) is 11.0 Å². The van der Waals surface area contributed by atoms with E-state index in [1.807, 2.05) is 24.3 Å². The molecular formula is C20H22F2N4O. The Hall–Kier alpha value is -2.96. The second-order valence-corrected chi connectivity index (χ2v) is 6.54. The average Bonchev–Trinajstić information content (AvgIpc) is 3.07. The lowest BCUT2D eigenvalue weighted by molar-refractivity contribution is 0.102. The predicted molar refractivity (Wildman–Crippen MR) is 104 cm³/mol. The average molecular weight is 372 g/mol. The first-order valence-electron chi connectivity index (χ1n) is 8.85. The van der Waals surface area contributed by atoms with Crippen molar-refractivity contribution in [3.8, 4) is 0 Å². The molecule has 5 nitrogen and oxygen atoms in total. The molecular weight excluding hydrogens is 350 g/mol. The van der Waals surface area contributed by atoms with Gasteiger partial charge >= 0.3 is 0 Å². The Morgan fingerprint density at radius 3 is 2.48 bits per heavy atom. The van der Waals surface area contributed by atoms with Crippen LogP contribution in [0.15, 0.2) is 42.5 Å². The van der Waals surface area contributed by atoms with Crippen molar-refractivity contribution in [1.29, 1.82) is 0 Å². The Labute approximate surface area is 156 Å². The van der Waals surface area contributed by atoms with Crippen molar-refractivity contribution in [1.82, 2.24) is 9.97 Å². The van der Waals surface area contributed by atoms with Crippen LogP contribution in [0.1, 0.15) is 43.4 Å². The number of alkyl halides is 2. The smallest absolute Gasteiger partial charge is 0.295 e. The molecule has 2 N–H and O–H groups in total. The van der Waals surface area contributed by atoms with E-state index < -0.39 is 12.2 Å². The molecule has 1 amide bonds. The minimum Gasteiger partial charge on any atom is -0.369 e. The van der Waals surface area contributed by atoms with Gasteiger partial charge in [-0.3, -0.25) is 4.79 Å². The zero-order valence-corrected chi connectivity index (χ0v) is 15.5. The molecule has 0 aliphatic carbocycles. The number of benzene rings is 2. The number of halogens is 2. The minimum absolute atomic E-state index is 0.311. The lowest BCUT2D eigenvalue weighted by Gasteiger charge is -2.27. The van der Waals surface area contributed by atoms with Gasteiger partial charge in [0.05, 0.1) is 11.0 Å². The van der Waals surface area contributed by atoms with Gasteiger partial charge < -0.3 is 15.2 Å². The number of nitrogens with zero attached hydrogens (tertiary/aromatic N) is 2. The molecule has 0 saturated heterocycles.